The van der Waals surface area contributed by atoms with E-state index in [2.05, 4.69) is 200 Å². The first-order chi connectivity index (χ1) is 20.7. The van der Waals surface area contributed by atoms with Gasteiger partial charge in [-0.2, -0.15) is 0 Å². The summed E-state index contributed by atoms with van der Waals surface area (Å²) >= 11 is 0. The zero-order valence-corrected chi connectivity index (χ0v) is 30.2. The molecule has 6 aromatic rings. The Kier molecular flexibility index (Phi) is 11.6. The Bertz CT molecular complexity index is 1580. The Morgan fingerprint density at radius 3 is 0.818 bits per heavy atom. The second kappa shape index (κ2) is 14.9. The fourth-order valence-electron chi connectivity index (χ4n) is 7.26. The van der Waals surface area contributed by atoms with Gasteiger partial charge < -0.3 is 0 Å². The third kappa shape index (κ3) is 5.46. The normalized spacial score (nSPS) is 11.6. The summed E-state index contributed by atoms with van der Waals surface area (Å²) in [5, 5.41) is -0.597. The molecule has 2 unspecified atom stereocenters. The van der Waals surface area contributed by atoms with Crippen LogP contribution in [-0.2, 0) is 16.0 Å². The van der Waals surface area contributed by atoms with Crippen LogP contribution >= 0.6 is 52.4 Å². The fourth-order valence-corrected chi connectivity index (χ4v) is 9.01. The molecule has 6 rings (SSSR count). The molecule has 0 radical (unpaired) electrons. The Morgan fingerprint density at radius 2 is 0.568 bits per heavy atom. The minimum absolute atomic E-state index is 0. The zero-order chi connectivity index (χ0) is 28.9. The lowest BCUT2D eigenvalue weighted by Gasteiger charge is -2.61. The first-order valence-electron chi connectivity index (χ1n) is 14.5. The number of halogens is 2. The van der Waals surface area contributed by atoms with Crippen LogP contribution in [0, 0.1) is 0 Å². The molecule has 0 heterocycles. The van der Waals surface area contributed by atoms with Crippen LogP contribution in [0.25, 0.3) is 0 Å². The van der Waals surface area contributed by atoms with Gasteiger partial charge in [-0.05, 0) is 39.5 Å². The van der Waals surface area contributed by atoms with E-state index >= 15 is 0 Å². The zero-order valence-electron chi connectivity index (χ0n) is 24.5. The maximum absolute atomic E-state index is 3.44. The summed E-state index contributed by atoms with van der Waals surface area (Å²) in [5.74, 6) is 0. The Balaban J connectivity index is 0.00000221. The molecule has 222 valence electrons. The van der Waals surface area contributed by atoms with E-state index in [1.165, 1.54) is 33.4 Å². The smallest absolute Gasteiger partial charge is 0.0514 e. The van der Waals surface area contributed by atoms with Crippen molar-refractivity contribution in [3.63, 3.8) is 0 Å². The first kappa shape index (κ1) is 34.0. The molecule has 0 saturated heterocycles. The standard InChI is InChI=1S/C40H36P2.2BrH/c41-31-38(32-19-7-1-8-20-32,33-21-9-2-10-22-33)39(34-23-11-3-12-24-34,35-25-13-4-14-26-35)40(42,36-27-15-5-16-28-36)37-29-17-6-18-30-37;;/h1-30H,31,41-42H2;2*1H. The molecule has 0 saturated carbocycles. The highest BCUT2D eigenvalue weighted by atomic mass is 79.9. The van der Waals surface area contributed by atoms with Crippen molar-refractivity contribution in [1.29, 1.82) is 0 Å². The van der Waals surface area contributed by atoms with Crippen LogP contribution in [0.4, 0.5) is 0 Å². The maximum atomic E-state index is 3.44. The summed E-state index contributed by atoms with van der Waals surface area (Å²) in [6.07, 6.45) is 0.792. The van der Waals surface area contributed by atoms with Crippen LogP contribution in [-0.4, -0.2) is 6.16 Å². The second-order valence-electron chi connectivity index (χ2n) is 10.9. The van der Waals surface area contributed by atoms with E-state index in [4.69, 9.17) is 0 Å². The van der Waals surface area contributed by atoms with E-state index in [0.717, 1.165) is 6.16 Å². The van der Waals surface area contributed by atoms with Crippen LogP contribution in [0.5, 0.6) is 0 Å². The molecule has 0 aliphatic carbocycles. The lowest BCUT2D eigenvalue weighted by atomic mass is 9.45. The monoisotopic (exact) mass is 738 g/mol. The molecule has 0 aliphatic rings. The van der Waals surface area contributed by atoms with Crippen molar-refractivity contribution < 1.29 is 0 Å². The van der Waals surface area contributed by atoms with E-state index in [-0.39, 0.29) is 34.0 Å². The molecule has 0 aromatic heterocycles. The molecule has 44 heavy (non-hydrogen) atoms. The Hall–Kier alpha value is -2.86. The number of hydrogen-bond acceptors (Lipinski definition) is 0. The molecule has 4 heteroatoms. The largest absolute Gasteiger partial charge is 0.136 e. The minimum Gasteiger partial charge on any atom is -0.136 e. The van der Waals surface area contributed by atoms with E-state index in [0.29, 0.717) is 0 Å². The number of hydrogen-bond donors (Lipinski definition) is 0. The van der Waals surface area contributed by atoms with Gasteiger partial charge >= 0.3 is 0 Å². The summed E-state index contributed by atoms with van der Waals surface area (Å²) < 4.78 is 0. The van der Waals surface area contributed by atoms with Gasteiger partial charge in [0.1, 0.15) is 0 Å². The van der Waals surface area contributed by atoms with Crippen molar-refractivity contribution in [2.75, 3.05) is 6.16 Å². The molecule has 0 bridgehead atoms. The molecule has 0 amide bonds. The Labute approximate surface area is 288 Å². The molecular formula is C40H38Br2P2. The van der Waals surface area contributed by atoms with E-state index in [9.17, 15) is 0 Å². The first-order valence-corrected chi connectivity index (χ1v) is 15.9. The SMILES string of the molecule is Br.Br.PCC(c1ccccc1)(c1ccccc1)C(c1ccccc1)(c1ccccc1)C(P)(c1ccccc1)c1ccccc1. The summed E-state index contributed by atoms with van der Waals surface area (Å²) in [4.78, 5) is 0. The highest BCUT2D eigenvalue weighted by Crippen LogP contribution is 2.67. The van der Waals surface area contributed by atoms with Gasteiger partial charge in [-0.3, -0.25) is 0 Å². The summed E-state index contributed by atoms with van der Waals surface area (Å²) in [6, 6.07) is 66.7. The third-order valence-corrected chi connectivity index (χ3v) is 10.7. The molecule has 0 spiro atoms. The molecule has 0 nitrogen and oxygen atoms in total. The van der Waals surface area contributed by atoms with Gasteiger partial charge in [0.05, 0.1) is 5.41 Å². The predicted octanol–water partition coefficient (Wildman–Crippen LogP) is 10.8. The average molecular weight is 741 g/mol. The molecule has 0 N–H and O–H groups in total. The maximum Gasteiger partial charge on any atom is 0.0514 e. The molecule has 0 aliphatic heterocycles. The van der Waals surface area contributed by atoms with Crippen molar-refractivity contribution in [1.82, 2.24) is 0 Å². The van der Waals surface area contributed by atoms with Crippen molar-refractivity contribution in [2.24, 2.45) is 0 Å². The van der Waals surface area contributed by atoms with Gasteiger partial charge in [-0.25, -0.2) is 0 Å². The van der Waals surface area contributed by atoms with Gasteiger partial charge in [0.25, 0.3) is 0 Å². The molecular weight excluding hydrogens is 702 g/mol. The van der Waals surface area contributed by atoms with Crippen LogP contribution in [0.15, 0.2) is 182 Å². The minimum atomic E-state index is -0.639. The van der Waals surface area contributed by atoms with Gasteiger partial charge in [-0.1, -0.05) is 182 Å². The third-order valence-electron chi connectivity index (χ3n) is 8.94. The van der Waals surface area contributed by atoms with Crippen molar-refractivity contribution in [3.05, 3.63) is 215 Å². The van der Waals surface area contributed by atoms with Gasteiger partial charge in [-0.15, -0.1) is 52.4 Å². The average Bonchev–Trinajstić information content (AvgIpc) is 3.09. The Morgan fingerprint density at radius 1 is 0.341 bits per heavy atom. The molecule has 0 fully saturated rings. The second-order valence-corrected chi connectivity index (χ2v) is 12.1. The fraction of sp³-hybridized carbons (Fsp3) is 0.100. The summed E-state index contributed by atoms with van der Waals surface area (Å²) in [5.41, 5.74) is 6.39. The lowest BCUT2D eigenvalue weighted by Crippen LogP contribution is -2.62. The van der Waals surface area contributed by atoms with Gasteiger partial charge in [0.2, 0.25) is 0 Å². The van der Waals surface area contributed by atoms with Crippen molar-refractivity contribution in [2.45, 2.75) is 16.0 Å². The van der Waals surface area contributed by atoms with Crippen LogP contribution in [0.3, 0.4) is 0 Å². The summed E-state index contributed by atoms with van der Waals surface area (Å²) in [7, 11) is 6.63. The van der Waals surface area contributed by atoms with Gasteiger partial charge in [0, 0.05) is 10.6 Å². The van der Waals surface area contributed by atoms with Crippen LogP contribution in [0.1, 0.15) is 33.4 Å². The molecule has 6 aromatic carbocycles. The number of benzene rings is 6. The van der Waals surface area contributed by atoms with Crippen LogP contribution < -0.4 is 0 Å². The highest BCUT2D eigenvalue weighted by Gasteiger charge is 2.64. The van der Waals surface area contributed by atoms with E-state index in [1.54, 1.807) is 0 Å². The quantitative estimate of drug-likeness (QED) is 0.130. The topological polar surface area (TPSA) is 0 Å². The summed E-state index contributed by atoms with van der Waals surface area (Å²) in [6.45, 7) is 0. The highest BCUT2D eigenvalue weighted by molar-refractivity contribution is 8.93. The van der Waals surface area contributed by atoms with Crippen molar-refractivity contribution >= 4 is 52.4 Å². The van der Waals surface area contributed by atoms with E-state index < -0.39 is 16.0 Å². The predicted molar refractivity (Wildman–Crippen MR) is 206 cm³/mol. The van der Waals surface area contributed by atoms with E-state index in [1.807, 2.05) is 0 Å². The van der Waals surface area contributed by atoms with Crippen LogP contribution in [0.2, 0.25) is 0 Å². The van der Waals surface area contributed by atoms with Crippen molar-refractivity contribution in [3.8, 4) is 0 Å². The number of rotatable bonds is 9. The van der Waals surface area contributed by atoms with Gasteiger partial charge in [0.15, 0.2) is 0 Å². The molecule has 2 atom stereocenters. The lowest BCUT2D eigenvalue weighted by molar-refractivity contribution is 0.278.